The van der Waals surface area contributed by atoms with E-state index in [1.807, 2.05) is 6.07 Å². The summed E-state index contributed by atoms with van der Waals surface area (Å²) in [7, 11) is 0. The first-order valence-electron chi connectivity index (χ1n) is 3.15. The predicted octanol–water partition coefficient (Wildman–Crippen LogP) is 1.23. The monoisotopic (exact) mass is 233 g/mol. The van der Waals surface area contributed by atoms with Gasteiger partial charge in [-0.2, -0.15) is 0 Å². The van der Waals surface area contributed by atoms with E-state index >= 15 is 0 Å². The Labute approximate surface area is 79.5 Å². The Morgan fingerprint density at radius 2 is 2.00 bits per heavy atom. The average Bonchev–Trinajstić information content (AvgIpc) is 2.06. The highest BCUT2D eigenvalue weighted by molar-refractivity contribution is 9.08. The van der Waals surface area contributed by atoms with Crippen LogP contribution >= 0.6 is 15.9 Å². The first-order chi connectivity index (χ1) is 5.74. The van der Waals surface area contributed by atoms with Crippen LogP contribution in [0, 0.1) is 5.82 Å². The zero-order valence-electron chi connectivity index (χ0n) is 6.24. The molecule has 0 aliphatic rings. The van der Waals surface area contributed by atoms with Crippen LogP contribution < -0.4 is 0 Å². The minimum Gasteiger partial charge on any atom is -0.429 e. The molecule has 0 bridgehead atoms. The van der Waals surface area contributed by atoms with Crippen molar-refractivity contribution in [1.82, 2.24) is 0 Å². The van der Waals surface area contributed by atoms with Gasteiger partial charge in [0.05, 0.1) is 0 Å². The summed E-state index contributed by atoms with van der Waals surface area (Å²) >= 11 is 3.22. The number of halogens is 2. The maximum Gasteiger partial charge on any atom is 0.482 e. The van der Waals surface area contributed by atoms with Crippen LogP contribution in [0.4, 0.5) is 4.39 Å². The summed E-state index contributed by atoms with van der Waals surface area (Å²) in [5.74, 6) is -0.174. The maximum atomic E-state index is 12.3. The summed E-state index contributed by atoms with van der Waals surface area (Å²) < 4.78 is 12.3. The van der Waals surface area contributed by atoms with Crippen molar-refractivity contribution in [3.05, 3.63) is 35.6 Å². The quantitative estimate of drug-likeness (QED) is 0.566. The van der Waals surface area contributed by atoms with Crippen LogP contribution in [0.3, 0.4) is 0 Å². The van der Waals surface area contributed by atoms with Gasteiger partial charge in [0.1, 0.15) is 5.82 Å². The number of rotatable bonds is 1. The Morgan fingerprint density at radius 1 is 1.42 bits per heavy atom. The molecule has 0 atom stereocenters. The second kappa shape index (κ2) is 7.27. The molecule has 1 rings (SSSR count). The van der Waals surface area contributed by atoms with Crippen molar-refractivity contribution in [2.75, 3.05) is 0 Å². The maximum absolute atomic E-state index is 12.3. The van der Waals surface area contributed by atoms with Crippen molar-refractivity contribution in [2.45, 2.75) is 5.33 Å². The van der Waals surface area contributed by atoms with E-state index < -0.39 is 0 Å². The number of alkyl halides is 1. The highest BCUT2D eigenvalue weighted by atomic mass is 79.9. The van der Waals surface area contributed by atoms with Gasteiger partial charge < -0.3 is 10.0 Å². The van der Waals surface area contributed by atoms with E-state index in [1.165, 1.54) is 12.1 Å². The highest BCUT2D eigenvalue weighted by Gasteiger charge is 1.89. The molecule has 1 aromatic rings. The Morgan fingerprint density at radius 3 is 2.33 bits per heavy atom. The third-order valence-corrected chi connectivity index (χ3v) is 1.69. The smallest absolute Gasteiger partial charge is 0.429 e. The molecule has 1 aromatic carbocycles. The molecule has 0 spiro atoms. The topological polar surface area (TPSA) is 40.5 Å². The Balaban J connectivity index is 0.000000354. The van der Waals surface area contributed by atoms with Crippen molar-refractivity contribution in [3.8, 4) is 0 Å². The minimum atomic E-state index is -0.174. The molecule has 0 heterocycles. The van der Waals surface area contributed by atoms with Gasteiger partial charge in [-0.1, -0.05) is 28.1 Å². The molecule has 0 aromatic heterocycles. The first kappa shape index (κ1) is 11.6. The summed E-state index contributed by atoms with van der Waals surface area (Å²) in [6, 6.07) is 6.52. The van der Waals surface area contributed by atoms with E-state index in [9.17, 15) is 4.39 Å². The number of hydrogen-bond acceptors (Lipinski definition) is 2. The fraction of sp³-hybridized carbons (Fsp3) is 0.143. The van der Waals surface area contributed by atoms with Gasteiger partial charge in [0.2, 0.25) is 0 Å². The van der Waals surface area contributed by atoms with Crippen LogP contribution in [0.25, 0.3) is 0 Å². The fourth-order valence-electron chi connectivity index (χ4n) is 0.620. The van der Waals surface area contributed by atoms with E-state index in [-0.39, 0.29) is 13.5 Å². The second-order valence-corrected chi connectivity index (χ2v) is 2.44. The van der Waals surface area contributed by atoms with Gasteiger partial charge in [-0.05, 0) is 17.7 Å². The van der Waals surface area contributed by atoms with Crippen LogP contribution in [0.15, 0.2) is 24.3 Å². The van der Waals surface area contributed by atoms with Gasteiger partial charge in [0, 0.05) is 5.33 Å². The summed E-state index contributed by atoms with van der Waals surface area (Å²) in [5, 5.41) is 14.7. The molecule has 0 unspecified atom stereocenters. The predicted molar refractivity (Wildman–Crippen MR) is 49.2 cm³/mol. The van der Waals surface area contributed by atoms with Crippen molar-refractivity contribution in [1.29, 1.82) is 0 Å². The lowest BCUT2D eigenvalue weighted by Crippen LogP contribution is -1.77. The van der Waals surface area contributed by atoms with Gasteiger partial charge in [0.25, 0.3) is 0 Å². The lowest BCUT2D eigenvalue weighted by molar-refractivity contribution is 0.448. The molecule has 0 saturated heterocycles. The number of benzene rings is 1. The van der Waals surface area contributed by atoms with Gasteiger partial charge in [-0.25, -0.2) is 4.39 Å². The molecule has 5 heteroatoms. The third-order valence-electron chi connectivity index (χ3n) is 1.04. The molecule has 2 N–H and O–H groups in total. The molecule has 0 fully saturated rings. The van der Waals surface area contributed by atoms with E-state index in [1.54, 1.807) is 6.07 Å². The molecule has 0 aliphatic carbocycles. The average molecular weight is 234 g/mol. The lowest BCUT2D eigenvalue weighted by Gasteiger charge is -1.91. The van der Waals surface area contributed by atoms with E-state index in [0.717, 1.165) is 5.56 Å². The van der Waals surface area contributed by atoms with Gasteiger partial charge in [0.15, 0.2) is 0 Å². The fourth-order valence-corrected chi connectivity index (χ4v) is 0.969. The van der Waals surface area contributed by atoms with Crippen LogP contribution in [-0.2, 0) is 5.33 Å². The minimum absolute atomic E-state index is 0. The summed E-state index contributed by atoms with van der Waals surface area (Å²) in [4.78, 5) is 0. The standard InChI is InChI=1S/C7H6BrF.BH2O2/c8-5-6-2-1-3-7(9)4-6;2-1-3/h1-4H,5H2;2-3H. The molecular formula is C7H8BBrFO2. The molecule has 1 radical (unpaired) electrons. The van der Waals surface area contributed by atoms with Crippen molar-refractivity contribution in [3.63, 3.8) is 0 Å². The van der Waals surface area contributed by atoms with Crippen LogP contribution in [0.2, 0.25) is 0 Å². The van der Waals surface area contributed by atoms with E-state index in [0.29, 0.717) is 5.33 Å². The van der Waals surface area contributed by atoms with Crippen molar-refractivity contribution >= 4 is 23.6 Å². The third kappa shape index (κ3) is 5.29. The van der Waals surface area contributed by atoms with Crippen LogP contribution in [-0.4, -0.2) is 17.7 Å². The molecule has 0 saturated carbocycles. The molecule has 0 amide bonds. The summed E-state index contributed by atoms with van der Waals surface area (Å²) in [5.41, 5.74) is 0.968. The zero-order valence-corrected chi connectivity index (χ0v) is 7.83. The van der Waals surface area contributed by atoms with E-state index in [4.69, 9.17) is 10.0 Å². The largest absolute Gasteiger partial charge is 0.482 e. The zero-order chi connectivity index (χ0) is 9.40. The molecule has 12 heavy (non-hydrogen) atoms. The summed E-state index contributed by atoms with van der Waals surface area (Å²) in [6.07, 6.45) is 0. The van der Waals surface area contributed by atoms with E-state index in [2.05, 4.69) is 15.9 Å². The summed E-state index contributed by atoms with van der Waals surface area (Å²) in [6.45, 7) is 0. The Kier molecular flexibility index (Phi) is 7.04. The van der Waals surface area contributed by atoms with Gasteiger partial charge in [-0.3, -0.25) is 0 Å². The SMILES string of the molecule is Fc1cccc(CBr)c1.O[B]O. The van der Waals surface area contributed by atoms with Crippen molar-refractivity contribution in [2.24, 2.45) is 0 Å². The normalized spacial score (nSPS) is 8.33. The Hall–Kier alpha value is -0.385. The molecule has 0 aliphatic heterocycles. The molecular weight excluding hydrogens is 226 g/mol. The number of hydrogen-bond donors (Lipinski definition) is 2. The highest BCUT2D eigenvalue weighted by Crippen LogP contribution is 2.06. The van der Waals surface area contributed by atoms with Gasteiger partial charge >= 0.3 is 7.69 Å². The lowest BCUT2D eigenvalue weighted by atomic mass is 10.2. The van der Waals surface area contributed by atoms with Crippen molar-refractivity contribution < 1.29 is 14.4 Å². The second-order valence-electron chi connectivity index (χ2n) is 1.88. The van der Waals surface area contributed by atoms with Gasteiger partial charge in [-0.15, -0.1) is 0 Å². The Bertz CT molecular complexity index is 222. The van der Waals surface area contributed by atoms with Crippen LogP contribution in [0.1, 0.15) is 5.56 Å². The molecule has 65 valence electrons. The first-order valence-corrected chi connectivity index (χ1v) is 4.27. The van der Waals surface area contributed by atoms with Crippen LogP contribution in [0.5, 0.6) is 0 Å². The molecule has 2 nitrogen and oxygen atoms in total.